The van der Waals surface area contributed by atoms with Crippen molar-refractivity contribution in [3.8, 4) is 22.8 Å². The molecule has 0 spiro atoms. The first-order valence-corrected chi connectivity index (χ1v) is 9.96. The molecule has 0 aliphatic rings. The summed E-state index contributed by atoms with van der Waals surface area (Å²) in [5, 5.41) is 9.87. The Labute approximate surface area is 183 Å². The molecule has 9 heteroatoms. The summed E-state index contributed by atoms with van der Waals surface area (Å²) in [5.74, 6) is -0.299. The van der Waals surface area contributed by atoms with Gasteiger partial charge in [-0.2, -0.15) is 0 Å². The summed E-state index contributed by atoms with van der Waals surface area (Å²) in [6, 6.07) is 15.8. The van der Waals surface area contributed by atoms with Gasteiger partial charge < -0.3 is 18.3 Å². The number of aromatic amines is 1. The van der Waals surface area contributed by atoms with Crippen LogP contribution in [0.25, 0.3) is 11.1 Å². The van der Waals surface area contributed by atoms with E-state index in [4.69, 9.17) is 18.3 Å². The zero-order valence-corrected chi connectivity index (χ0v) is 17.7. The molecular weight excluding hydrogens is 414 g/mol. The Hall–Kier alpha value is -4.14. The van der Waals surface area contributed by atoms with E-state index in [1.54, 1.807) is 12.1 Å². The normalized spacial score (nSPS) is 11.0. The van der Waals surface area contributed by atoms with E-state index in [2.05, 4.69) is 53.5 Å². The molecule has 0 aliphatic heterocycles. The van der Waals surface area contributed by atoms with E-state index in [-0.39, 0.29) is 29.7 Å². The highest BCUT2D eigenvalue weighted by Crippen LogP contribution is 2.27. The predicted molar refractivity (Wildman–Crippen MR) is 114 cm³/mol. The van der Waals surface area contributed by atoms with Gasteiger partial charge in [0.2, 0.25) is 5.69 Å². The number of ether oxygens (including phenoxy) is 2. The zero-order chi connectivity index (χ0) is 22.7. The highest BCUT2D eigenvalue weighted by atomic mass is 16.6. The molecule has 2 heterocycles. The molecule has 2 aromatic carbocycles. The number of nitrogens with one attached hydrogen (secondary N) is 1. The van der Waals surface area contributed by atoms with Gasteiger partial charge >= 0.3 is 11.8 Å². The SMILES string of the molecule is Cc1oc(=O)oc1COC(=O)c1nn[nH]c1Oc1ccc(-c2ccc(C(C)C)cc2)cc1. The summed E-state index contributed by atoms with van der Waals surface area (Å²) in [5.41, 5.74) is 3.27. The molecular formula is C23H21N3O6. The van der Waals surface area contributed by atoms with Gasteiger partial charge in [0.15, 0.2) is 18.1 Å². The average molecular weight is 435 g/mol. The summed E-state index contributed by atoms with van der Waals surface area (Å²) in [6.45, 7) is 5.56. The van der Waals surface area contributed by atoms with E-state index in [9.17, 15) is 9.59 Å². The molecule has 2 aromatic heterocycles. The second-order valence-electron chi connectivity index (χ2n) is 7.40. The lowest BCUT2D eigenvalue weighted by Crippen LogP contribution is -2.07. The van der Waals surface area contributed by atoms with E-state index in [1.807, 2.05) is 12.1 Å². The number of hydrogen-bond acceptors (Lipinski definition) is 8. The molecule has 164 valence electrons. The lowest BCUT2D eigenvalue weighted by atomic mass is 9.99. The molecule has 0 amide bonds. The van der Waals surface area contributed by atoms with Gasteiger partial charge in [-0.05, 0) is 41.7 Å². The number of esters is 1. The number of nitrogens with zero attached hydrogens (tertiary/aromatic N) is 2. The van der Waals surface area contributed by atoms with Gasteiger partial charge in [0, 0.05) is 0 Å². The van der Waals surface area contributed by atoms with Crippen LogP contribution in [0.1, 0.15) is 47.3 Å². The van der Waals surface area contributed by atoms with Crippen molar-refractivity contribution < 1.29 is 23.1 Å². The molecule has 4 rings (SSSR count). The number of carbonyl (C=O) groups excluding carboxylic acids is 1. The second-order valence-corrected chi connectivity index (χ2v) is 7.40. The van der Waals surface area contributed by atoms with Crippen LogP contribution >= 0.6 is 0 Å². The largest absolute Gasteiger partial charge is 0.519 e. The van der Waals surface area contributed by atoms with Crippen LogP contribution in [0.4, 0.5) is 0 Å². The van der Waals surface area contributed by atoms with Crippen LogP contribution in [0.5, 0.6) is 11.6 Å². The summed E-state index contributed by atoms with van der Waals surface area (Å²) < 4.78 is 20.4. The van der Waals surface area contributed by atoms with Gasteiger partial charge in [-0.25, -0.2) is 14.7 Å². The van der Waals surface area contributed by atoms with E-state index >= 15 is 0 Å². The standard InChI is InChI=1S/C23H21N3O6/c1-13(2)15-4-6-16(7-5-15)17-8-10-18(11-9-17)31-21-20(24-26-25-21)22(27)29-12-19-14(3)30-23(28)32-19/h4-11,13H,12H2,1-3H3,(H,24,25,26). The van der Waals surface area contributed by atoms with Crippen molar-refractivity contribution in [1.29, 1.82) is 0 Å². The first-order valence-electron chi connectivity index (χ1n) is 9.96. The minimum Gasteiger partial charge on any atom is -0.452 e. The minimum absolute atomic E-state index is 0.0365. The van der Waals surface area contributed by atoms with Crippen LogP contribution in [0.3, 0.4) is 0 Å². The molecule has 0 saturated heterocycles. The van der Waals surface area contributed by atoms with Crippen LogP contribution in [0, 0.1) is 6.92 Å². The molecule has 1 N–H and O–H groups in total. The topological polar surface area (TPSA) is 120 Å². The lowest BCUT2D eigenvalue weighted by Gasteiger charge is -2.08. The van der Waals surface area contributed by atoms with E-state index in [0.717, 1.165) is 11.1 Å². The fraction of sp³-hybridized carbons (Fsp3) is 0.217. The van der Waals surface area contributed by atoms with Crippen LogP contribution in [0.2, 0.25) is 0 Å². The fourth-order valence-corrected chi connectivity index (χ4v) is 3.02. The zero-order valence-electron chi connectivity index (χ0n) is 17.7. The van der Waals surface area contributed by atoms with Crippen LogP contribution < -0.4 is 10.6 Å². The Bertz CT molecular complexity index is 1270. The lowest BCUT2D eigenvalue weighted by molar-refractivity contribution is 0.0433. The molecule has 0 unspecified atom stereocenters. The fourth-order valence-electron chi connectivity index (χ4n) is 3.02. The van der Waals surface area contributed by atoms with Gasteiger partial charge in [0.25, 0.3) is 5.88 Å². The summed E-state index contributed by atoms with van der Waals surface area (Å²) in [7, 11) is 0. The Morgan fingerprint density at radius 1 is 1.03 bits per heavy atom. The van der Waals surface area contributed by atoms with Gasteiger partial charge in [0.05, 0.1) is 0 Å². The van der Waals surface area contributed by atoms with Crippen molar-refractivity contribution >= 4 is 5.97 Å². The van der Waals surface area contributed by atoms with Crippen molar-refractivity contribution in [3.05, 3.63) is 81.9 Å². The Morgan fingerprint density at radius 3 is 2.28 bits per heavy atom. The van der Waals surface area contributed by atoms with Crippen molar-refractivity contribution in [2.75, 3.05) is 0 Å². The maximum atomic E-state index is 12.3. The summed E-state index contributed by atoms with van der Waals surface area (Å²) in [6.07, 6.45) is 0. The third-order valence-electron chi connectivity index (χ3n) is 4.86. The number of carbonyl (C=O) groups is 1. The van der Waals surface area contributed by atoms with E-state index < -0.39 is 11.8 Å². The number of benzene rings is 2. The summed E-state index contributed by atoms with van der Waals surface area (Å²) >= 11 is 0. The summed E-state index contributed by atoms with van der Waals surface area (Å²) in [4.78, 5) is 23.4. The van der Waals surface area contributed by atoms with Crippen LogP contribution in [-0.2, 0) is 11.3 Å². The molecule has 0 bridgehead atoms. The molecule has 0 fully saturated rings. The van der Waals surface area contributed by atoms with Crippen molar-refractivity contribution in [3.63, 3.8) is 0 Å². The first kappa shape index (κ1) is 21.1. The minimum atomic E-state index is -0.863. The number of rotatable bonds is 7. The monoisotopic (exact) mass is 435 g/mol. The Morgan fingerprint density at radius 2 is 1.69 bits per heavy atom. The predicted octanol–water partition coefficient (Wildman–Crippen LogP) is 4.60. The van der Waals surface area contributed by atoms with Crippen LogP contribution in [-0.4, -0.2) is 21.4 Å². The van der Waals surface area contributed by atoms with Crippen molar-refractivity contribution in [1.82, 2.24) is 15.4 Å². The molecule has 0 aliphatic carbocycles. The highest BCUT2D eigenvalue weighted by molar-refractivity contribution is 5.89. The molecule has 0 atom stereocenters. The first-order chi connectivity index (χ1) is 15.4. The maximum absolute atomic E-state index is 12.3. The Kier molecular flexibility index (Phi) is 5.89. The highest BCUT2D eigenvalue weighted by Gasteiger charge is 2.21. The number of aromatic nitrogens is 3. The average Bonchev–Trinajstić information content (AvgIpc) is 3.38. The van der Waals surface area contributed by atoms with Gasteiger partial charge in [-0.3, -0.25) is 0 Å². The molecule has 9 nitrogen and oxygen atoms in total. The third-order valence-corrected chi connectivity index (χ3v) is 4.86. The van der Waals surface area contributed by atoms with Crippen LogP contribution in [0.15, 0.2) is 62.2 Å². The Balaban J connectivity index is 1.42. The second kappa shape index (κ2) is 8.93. The molecule has 4 aromatic rings. The molecule has 0 radical (unpaired) electrons. The quantitative estimate of drug-likeness (QED) is 0.418. The van der Waals surface area contributed by atoms with E-state index in [0.29, 0.717) is 11.7 Å². The number of hydrogen-bond donors (Lipinski definition) is 1. The number of aryl methyl sites for hydroxylation is 1. The van der Waals surface area contributed by atoms with Gasteiger partial charge in [-0.15, -0.1) is 5.10 Å². The maximum Gasteiger partial charge on any atom is 0.519 e. The van der Waals surface area contributed by atoms with Crippen molar-refractivity contribution in [2.45, 2.75) is 33.3 Å². The number of H-pyrrole nitrogens is 1. The van der Waals surface area contributed by atoms with E-state index in [1.165, 1.54) is 12.5 Å². The molecule has 32 heavy (non-hydrogen) atoms. The third kappa shape index (κ3) is 4.61. The van der Waals surface area contributed by atoms with Gasteiger partial charge in [-0.1, -0.05) is 55.5 Å². The molecule has 0 saturated carbocycles. The smallest absolute Gasteiger partial charge is 0.452 e. The van der Waals surface area contributed by atoms with Crippen molar-refractivity contribution in [2.24, 2.45) is 0 Å². The van der Waals surface area contributed by atoms with Gasteiger partial charge in [0.1, 0.15) is 5.75 Å².